The predicted molar refractivity (Wildman–Crippen MR) is 67.6 cm³/mol. The van der Waals surface area contributed by atoms with Crippen LogP contribution in [0.5, 0.6) is 0 Å². The van der Waals surface area contributed by atoms with Gasteiger partial charge in [0.1, 0.15) is 0 Å². The maximum atomic E-state index is 12.6. The van der Waals surface area contributed by atoms with Crippen LogP contribution in [-0.2, 0) is 4.79 Å². The van der Waals surface area contributed by atoms with Crippen molar-refractivity contribution in [3.63, 3.8) is 0 Å². The minimum atomic E-state index is 0.146. The van der Waals surface area contributed by atoms with Crippen LogP contribution >= 0.6 is 0 Å². The fourth-order valence-electron chi connectivity index (χ4n) is 4.04. The molecule has 4 atom stereocenters. The third-order valence-corrected chi connectivity index (χ3v) is 4.98. The molecule has 3 fully saturated rings. The fraction of sp³-hybridized carbons (Fsp3) is 0.929. The number of fused-ring (bicyclic) bond motifs is 1. The van der Waals surface area contributed by atoms with Crippen LogP contribution in [0, 0.1) is 17.8 Å². The maximum absolute atomic E-state index is 12.6. The van der Waals surface area contributed by atoms with Crippen molar-refractivity contribution in [2.24, 2.45) is 17.8 Å². The van der Waals surface area contributed by atoms with Crippen LogP contribution in [0.1, 0.15) is 39.0 Å². The lowest BCUT2D eigenvalue weighted by molar-refractivity contribution is -0.135. The van der Waals surface area contributed by atoms with Crippen molar-refractivity contribution in [2.75, 3.05) is 19.6 Å². The third kappa shape index (κ3) is 2.10. The first-order valence-corrected chi connectivity index (χ1v) is 7.28. The summed E-state index contributed by atoms with van der Waals surface area (Å²) >= 11 is 0. The van der Waals surface area contributed by atoms with Gasteiger partial charge in [-0.1, -0.05) is 13.3 Å². The van der Waals surface area contributed by atoms with Crippen LogP contribution in [0.25, 0.3) is 0 Å². The molecule has 1 aliphatic carbocycles. The van der Waals surface area contributed by atoms with Crippen LogP contribution < -0.4 is 5.32 Å². The van der Waals surface area contributed by atoms with Crippen molar-refractivity contribution >= 4 is 5.91 Å². The zero-order chi connectivity index (χ0) is 11.8. The molecule has 0 bridgehead atoms. The van der Waals surface area contributed by atoms with Gasteiger partial charge < -0.3 is 10.2 Å². The van der Waals surface area contributed by atoms with Crippen LogP contribution in [0.3, 0.4) is 0 Å². The number of nitrogens with zero attached hydrogens (tertiary/aromatic N) is 1. The number of amides is 1. The molecule has 0 aromatic carbocycles. The van der Waals surface area contributed by atoms with Crippen molar-refractivity contribution < 1.29 is 4.79 Å². The number of hydrogen-bond donors (Lipinski definition) is 1. The predicted octanol–water partition coefficient (Wildman–Crippen LogP) is 1.63. The van der Waals surface area contributed by atoms with E-state index in [0.29, 0.717) is 17.7 Å². The molecule has 17 heavy (non-hydrogen) atoms. The third-order valence-electron chi connectivity index (χ3n) is 4.98. The molecule has 2 aliphatic heterocycles. The van der Waals surface area contributed by atoms with E-state index in [0.717, 1.165) is 25.6 Å². The molecule has 3 aliphatic rings. The molecule has 1 saturated carbocycles. The summed E-state index contributed by atoms with van der Waals surface area (Å²) in [6.07, 6.45) is 6.40. The summed E-state index contributed by atoms with van der Waals surface area (Å²) in [5.41, 5.74) is 0. The summed E-state index contributed by atoms with van der Waals surface area (Å²) in [6, 6.07) is 0.146. The van der Waals surface area contributed by atoms with Crippen LogP contribution in [0.15, 0.2) is 0 Å². The summed E-state index contributed by atoms with van der Waals surface area (Å²) < 4.78 is 0. The molecule has 0 aromatic heterocycles. The quantitative estimate of drug-likeness (QED) is 0.750. The first kappa shape index (κ1) is 11.5. The number of nitrogens with one attached hydrogen (secondary N) is 1. The van der Waals surface area contributed by atoms with Gasteiger partial charge in [0.25, 0.3) is 0 Å². The van der Waals surface area contributed by atoms with Crippen molar-refractivity contribution in [1.29, 1.82) is 0 Å². The molecular formula is C14H24N2O. The summed E-state index contributed by atoms with van der Waals surface area (Å²) in [4.78, 5) is 14.7. The lowest BCUT2D eigenvalue weighted by Gasteiger charge is -2.34. The molecule has 0 radical (unpaired) electrons. The van der Waals surface area contributed by atoms with E-state index in [9.17, 15) is 4.79 Å². The number of rotatable bonds is 1. The average Bonchev–Trinajstić information content (AvgIpc) is 2.89. The minimum absolute atomic E-state index is 0.146. The van der Waals surface area contributed by atoms with E-state index in [1.807, 2.05) is 0 Å². The van der Waals surface area contributed by atoms with E-state index in [4.69, 9.17) is 0 Å². The van der Waals surface area contributed by atoms with Gasteiger partial charge in [-0.3, -0.25) is 4.79 Å². The first-order chi connectivity index (χ1) is 8.25. The molecule has 3 rings (SSSR count). The van der Waals surface area contributed by atoms with Crippen LogP contribution in [-0.4, -0.2) is 36.5 Å². The Labute approximate surface area is 104 Å². The molecule has 4 unspecified atom stereocenters. The largest absolute Gasteiger partial charge is 0.341 e. The highest BCUT2D eigenvalue weighted by molar-refractivity contribution is 5.82. The normalized spacial score (nSPS) is 41.6. The Morgan fingerprint density at radius 2 is 2.12 bits per heavy atom. The Morgan fingerprint density at radius 1 is 1.24 bits per heavy atom. The highest BCUT2D eigenvalue weighted by Gasteiger charge is 2.43. The van der Waals surface area contributed by atoms with Crippen molar-refractivity contribution in [3.8, 4) is 0 Å². The molecule has 1 amide bonds. The number of likely N-dealkylation sites (tertiary alicyclic amines) is 1. The SMILES string of the molecule is CC1CCCN(C(=O)C2NCC3CCCC32)C1. The second-order valence-electron chi connectivity index (χ2n) is 6.27. The number of piperidine rings is 1. The Bertz CT molecular complexity index is 305. The average molecular weight is 236 g/mol. The Kier molecular flexibility index (Phi) is 3.12. The molecule has 96 valence electrons. The van der Waals surface area contributed by atoms with Gasteiger partial charge in [-0.25, -0.2) is 0 Å². The number of carbonyl (C=O) groups excluding carboxylic acids is 1. The second kappa shape index (κ2) is 4.60. The Hall–Kier alpha value is -0.570. The monoisotopic (exact) mass is 236 g/mol. The molecule has 3 nitrogen and oxygen atoms in total. The van der Waals surface area contributed by atoms with E-state index < -0.39 is 0 Å². The van der Waals surface area contributed by atoms with Crippen molar-refractivity contribution in [1.82, 2.24) is 10.2 Å². The maximum Gasteiger partial charge on any atom is 0.240 e. The Morgan fingerprint density at radius 3 is 2.94 bits per heavy atom. The van der Waals surface area contributed by atoms with Gasteiger partial charge in [0.2, 0.25) is 5.91 Å². The van der Waals surface area contributed by atoms with Gasteiger partial charge >= 0.3 is 0 Å². The fourth-order valence-corrected chi connectivity index (χ4v) is 4.04. The van der Waals surface area contributed by atoms with E-state index in [2.05, 4.69) is 17.1 Å². The standard InChI is InChI=1S/C14H24N2O/c1-10-4-3-7-16(9-10)14(17)13-12-6-2-5-11(12)8-15-13/h10-13,15H,2-9H2,1H3. The van der Waals surface area contributed by atoms with E-state index >= 15 is 0 Å². The smallest absolute Gasteiger partial charge is 0.240 e. The van der Waals surface area contributed by atoms with E-state index in [1.165, 1.54) is 32.1 Å². The van der Waals surface area contributed by atoms with Crippen molar-refractivity contribution in [3.05, 3.63) is 0 Å². The number of hydrogen-bond acceptors (Lipinski definition) is 2. The van der Waals surface area contributed by atoms with Gasteiger partial charge in [-0.2, -0.15) is 0 Å². The first-order valence-electron chi connectivity index (χ1n) is 7.28. The van der Waals surface area contributed by atoms with Crippen molar-refractivity contribution in [2.45, 2.75) is 45.1 Å². The summed E-state index contributed by atoms with van der Waals surface area (Å²) in [5.74, 6) is 2.50. The zero-order valence-corrected chi connectivity index (χ0v) is 10.8. The van der Waals surface area contributed by atoms with Gasteiger partial charge in [-0.15, -0.1) is 0 Å². The van der Waals surface area contributed by atoms with Gasteiger partial charge in [0.15, 0.2) is 0 Å². The molecule has 2 saturated heterocycles. The zero-order valence-electron chi connectivity index (χ0n) is 10.8. The molecule has 0 spiro atoms. The van der Waals surface area contributed by atoms with Gasteiger partial charge in [0, 0.05) is 13.1 Å². The van der Waals surface area contributed by atoms with E-state index in [1.54, 1.807) is 0 Å². The highest BCUT2D eigenvalue weighted by atomic mass is 16.2. The molecule has 2 heterocycles. The Balaban J connectivity index is 1.65. The van der Waals surface area contributed by atoms with Crippen LogP contribution in [0.2, 0.25) is 0 Å². The molecular weight excluding hydrogens is 212 g/mol. The highest BCUT2D eigenvalue weighted by Crippen LogP contribution is 2.38. The van der Waals surface area contributed by atoms with Gasteiger partial charge in [-0.05, 0) is 50.0 Å². The summed E-state index contributed by atoms with van der Waals surface area (Å²) in [7, 11) is 0. The topological polar surface area (TPSA) is 32.3 Å². The molecule has 1 N–H and O–H groups in total. The summed E-state index contributed by atoms with van der Waals surface area (Å²) in [6.45, 7) is 5.30. The lowest BCUT2D eigenvalue weighted by Crippen LogP contribution is -2.49. The molecule has 3 heteroatoms. The molecule has 0 aromatic rings. The number of carbonyl (C=O) groups is 1. The second-order valence-corrected chi connectivity index (χ2v) is 6.27. The van der Waals surface area contributed by atoms with Gasteiger partial charge in [0.05, 0.1) is 6.04 Å². The van der Waals surface area contributed by atoms with Crippen LogP contribution in [0.4, 0.5) is 0 Å². The minimum Gasteiger partial charge on any atom is -0.341 e. The lowest BCUT2D eigenvalue weighted by atomic mass is 9.92. The van der Waals surface area contributed by atoms with E-state index in [-0.39, 0.29) is 6.04 Å². The summed E-state index contributed by atoms with van der Waals surface area (Å²) in [5, 5.41) is 3.48.